The van der Waals surface area contributed by atoms with E-state index in [1.165, 1.54) is 0 Å². The molecular weight excluding hydrogens is 432 g/mol. The third-order valence-electron chi connectivity index (χ3n) is 4.78. The van der Waals surface area contributed by atoms with Crippen molar-refractivity contribution in [1.82, 2.24) is 15.2 Å². The van der Waals surface area contributed by atoms with E-state index in [-0.39, 0.29) is 0 Å². The van der Waals surface area contributed by atoms with E-state index in [1.54, 1.807) is 11.8 Å². The third kappa shape index (κ3) is 4.11. The lowest BCUT2D eigenvalue weighted by Crippen LogP contribution is -2.16. The number of halogens is 1. The molecule has 1 atom stereocenters. The summed E-state index contributed by atoms with van der Waals surface area (Å²) < 4.78 is 12.4. The number of fused-ring (bicyclic) bond motifs is 3. The smallest absolute Gasteiger partial charge is 0.247 e. The molecule has 1 aliphatic heterocycles. The molecule has 3 heterocycles. The molecule has 0 radical (unpaired) electrons. The lowest BCUT2D eigenvalue weighted by atomic mass is 10.1. The second-order valence-electron chi connectivity index (χ2n) is 6.99. The Kier molecular flexibility index (Phi) is 5.53. The van der Waals surface area contributed by atoms with E-state index in [4.69, 9.17) is 20.8 Å². The Hall–Kier alpha value is -3.03. The number of nitrogens with one attached hydrogen (secondary N) is 1. The number of anilines is 1. The first kappa shape index (κ1) is 19.9. The van der Waals surface area contributed by atoms with Crippen molar-refractivity contribution >= 4 is 29.1 Å². The van der Waals surface area contributed by atoms with Crippen LogP contribution in [0, 0.1) is 0 Å². The van der Waals surface area contributed by atoms with Gasteiger partial charge in [-0.05, 0) is 48.9 Å². The van der Waals surface area contributed by atoms with Crippen LogP contribution in [0.1, 0.15) is 25.3 Å². The molecule has 1 N–H and O–H groups in total. The van der Waals surface area contributed by atoms with Crippen LogP contribution in [-0.4, -0.2) is 20.9 Å². The van der Waals surface area contributed by atoms with Gasteiger partial charge in [-0.15, -0.1) is 10.2 Å². The summed E-state index contributed by atoms with van der Waals surface area (Å²) in [5.74, 6) is 2.71. The first-order valence-electron chi connectivity index (χ1n) is 9.97. The molecule has 6 nitrogen and oxygen atoms in total. The van der Waals surface area contributed by atoms with Gasteiger partial charge in [0.25, 0.3) is 0 Å². The average molecular weight is 451 g/mol. The van der Waals surface area contributed by atoms with E-state index >= 15 is 0 Å². The summed E-state index contributed by atoms with van der Waals surface area (Å²) in [6.07, 6.45) is 0.461. The number of furan rings is 1. The molecule has 0 bridgehead atoms. The van der Waals surface area contributed by atoms with Crippen LogP contribution in [0.15, 0.2) is 70.2 Å². The number of hydrogen-bond donors (Lipinski definition) is 1. The molecule has 0 fully saturated rings. The predicted octanol–water partition coefficient (Wildman–Crippen LogP) is 6.46. The van der Waals surface area contributed by atoms with Gasteiger partial charge in [0.1, 0.15) is 5.76 Å². The van der Waals surface area contributed by atoms with E-state index in [0.29, 0.717) is 27.5 Å². The van der Waals surface area contributed by atoms with Gasteiger partial charge in [0.2, 0.25) is 17.3 Å². The lowest BCUT2D eigenvalue weighted by Gasteiger charge is -2.16. The minimum atomic E-state index is -0.566. The molecule has 0 spiro atoms. The summed E-state index contributed by atoms with van der Waals surface area (Å²) >= 11 is 7.57. The average Bonchev–Trinajstić information content (AvgIpc) is 3.22. The number of rotatable bonds is 5. The molecule has 1 aliphatic rings. The third-order valence-corrected chi connectivity index (χ3v) is 6.08. The van der Waals surface area contributed by atoms with E-state index in [2.05, 4.69) is 27.4 Å². The topological polar surface area (TPSA) is 73.1 Å². The van der Waals surface area contributed by atoms with Crippen LogP contribution >= 0.6 is 23.4 Å². The zero-order valence-electron chi connectivity index (χ0n) is 16.7. The second kappa shape index (κ2) is 8.61. The van der Waals surface area contributed by atoms with E-state index < -0.39 is 6.23 Å². The summed E-state index contributed by atoms with van der Waals surface area (Å²) in [7, 11) is 0. The van der Waals surface area contributed by atoms with Gasteiger partial charge in [0.05, 0.1) is 0 Å². The fourth-order valence-corrected chi connectivity index (χ4v) is 4.05. The maximum atomic E-state index is 6.26. The highest BCUT2D eigenvalue weighted by Crippen LogP contribution is 2.40. The molecule has 2 aromatic carbocycles. The minimum Gasteiger partial charge on any atom is -0.455 e. The number of thioether (sulfide) groups is 1. The van der Waals surface area contributed by atoms with Crippen LogP contribution in [0.3, 0.4) is 0 Å². The number of ether oxygens (including phenoxy) is 1. The Morgan fingerprint density at radius 1 is 1.03 bits per heavy atom. The number of aromatic nitrogens is 3. The molecule has 5 rings (SSSR count). The highest BCUT2D eigenvalue weighted by atomic mass is 35.5. The molecule has 0 saturated carbocycles. The molecule has 0 unspecified atom stereocenters. The van der Waals surface area contributed by atoms with E-state index in [9.17, 15) is 0 Å². The quantitative estimate of drug-likeness (QED) is 0.350. The van der Waals surface area contributed by atoms with Crippen molar-refractivity contribution in [3.05, 3.63) is 71.4 Å². The van der Waals surface area contributed by atoms with E-state index in [1.807, 2.05) is 60.7 Å². The minimum absolute atomic E-state index is 0.431. The second-order valence-corrected chi connectivity index (χ2v) is 8.49. The maximum Gasteiger partial charge on any atom is 0.247 e. The fourth-order valence-electron chi connectivity index (χ4n) is 3.29. The van der Waals surface area contributed by atoms with Crippen LogP contribution in [0.4, 0.5) is 5.69 Å². The van der Waals surface area contributed by atoms with Crippen molar-refractivity contribution in [2.24, 2.45) is 0 Å². The van der Waals surface area contributed by atoms with Crippen molar-refractivity contribution < 1.29 is 9.15 Å². The van der Waals surface area contributed by atoms with Crippen molar-refractivity contribution in [2.75, 3.05) is 11.1 Å². The van der Waals surface area contributed by atoms with Crippen LogP contribution in [0.25, 0.3) is 22.6 Å². The SMILES string of the molecule is CCCSc1nnc2c(n1)O[C@H](c1ccc(-c3ccc(Cl)cc3)o1)Nc1ccccc1-2. The van der Waals surface area contributed by atoms with Crippen molar-refractivity contribution in [1.29, 1.82) is 0 Å². The lowest BCUT2D eigenvalue weighted by molar-refractivity contribution is 0.196. The van der Waals surface area contributed by atoms with Gasteiger partial charge >= 0.3 is 0 Å². The standard InChI is InChI=1S/C23H19ClN4O2S/c1-2-13-31-23-26-22-20(27-28-23)16-5-3-4-6-17(16)25-21(30-22)19-12-11-18(29-19)14-7-9-15(24)10-8-14/h3-12,21,25H,2,13H2,1H3/t21-/m1/s1. The zero-order chi connectivity index (χ0) is 21.2. The van der Waals surface area contributed by atoms with Gasteiger partial charge in [-0.2, -0.15) is 4.98 Å². The summed E-state index contributed by atoms with van der Waals surface area (Å²) in [6, 6.07) is 19.2. The molecule has 0 amide bonds. The predicted molar refractivity (Wildman–Crippen MR) is 122 cm³/mol. The molecule has 8 heteroatoms. The van der Waals surface area contributed by atoms with Gasteiger partial charge in [-0.3, -0.25) is 0 Å². The summed E-state index contributed by atoms with van der Waals surface area (Å²) in [6.45, 7) is 2.12. The number of benzene rings is 2. The largest absolute Gasteiger partial charge is 0.455 e. The number of para-hydroxylation sites is 1. The van der Waals surface area contributed by atoms with Crippen LogP contribution in [-0.2, 0) is 0 Å². The van der Waals surface area contributed by atoms with Crippen LogP contribution < -0.4 is 10.1 Å². The molecule has 156 valence electrons. The molecular formula is C23H19ClN4O2S. The van der Waals surface area contributed by atoms with Crippen molar-refractivity contribution in [3.63, 3.8) is 0 Å². The van der Waals surface area contributed by atoms with E-state index in [0.717, 1.165) is 34.7 Å². The monoisotopic (exact) mass is 450 g/mol. The molecule has 31 heavy (non-hydrogen) atoms. The number of nitrogens with zero attached hydrogens (tertiary/aromatic N) is 3. The van der Waals surface area contributed by atoms with Gasteiger partial charge in [0.15, 0.2) is 11.5 Å². The Balaban J connectivity index is 1.52. The summed E-state index contributed by atoms with van der Waals surface area (Å²) in [5.41, 5.74) is 3.31. The Morgan fingerprint density at radius 2 is 1.87 bits per heavy atom. The molecule has 4 aromatic rings. The van der Waals surface area contributed by atoms with Crippen LogP contribution in [0.5, 0.6) is 5.88 Å². The van der Waals surface area contributed by atoms with Crippen LogP contribution in [0.2, 0.25) is 5.02 Å². The summed E-state index contributed by atoms with van der Waals surface area (Å²) in [4.78, 5) is 4.63. The maximum absolute atomic E-state index is 6.26. The summed E-state index contributed by atoms with van der Waals surface area (Å²) in [5, 5.41) is 13.4. The van der Waals surface area contributed by atoms with Gasteiger partial charge in [-0.25, -0.2) is 0 Å². The van der Waals surface area contributed by atoms with Gasteiger partial charge < -0.3 is 14.5 Å². The van der Waals surface area contributed by atoms with Gasteiger partial charge in [-0.1, -0.05) is 48.5 Å². The van der Waals surface area contributed by atoms with Gasteiger partial charge in [0, 0.05) is 27.6 Å². The Labute approximate surface area is 189 Å². The fraction of sp³-hybridized carbons (Fsp3) is 0.174. The Morgan fingerprint density at radius 3 is 2.71 bits per heavy atom. The molecule has 0 saturated heterocycles. The first-order chi connectivity index (χ1) is 15.2. The highest BCUT2D eigenvalue weighted by molar-refractivity contribution is 7.99. The zero-order valence-corrected chi connectivity index (χ0v) is 18.3. The Bertz CT molecular complexity index is 1210. The van der Waals surface area contributed by atoms with Crippen molar-refractivity contribution in [3.8, 4) is 28.5 Å². The normalized spacial score (nSPS) is 14.7. The molecule has 0 aliphatic carbocycles. The van der Waals surface area contributed by atoms with Crippen molar-refractivity contribution in [2.45, 2.75) is 24.7 Å². The first-order valence-corrected chi connectivity index (χ1v) is 11.3. The number of hydrogen-bond acceptors (Lipinski definition) is 7. The highest BCUT2D eigenvalue weighted by Gasteiger charge is 2.28. The molecule has 2 aromatic heterocycles.